The highest BCUT2D eigenvalue weighted by Crippen LogP contribution is 2.39. The van der Waals surface area contributed by atoms with Crippen LogP contribution in [0.5, 0.6) is 11.5 Å². The van der Waals surface area contributed by atoms with Crippen molar-refractivity contribution in [1.29, 1.82) is 0 Å². The smallest absolute Gasteiger partial charge is 0.214 e. The maximum Gasteiger partial charge on any atom is 0.214 e. The third-order valence-corrected chi connectivity index (χ3v) is 5.81. The lowest BCUT2D eigenvalue weighted by Crippen LogP contribution is -2.15. The maximum atomic E-state index is 11.4. The zero-order chi connectivity index (χ0) is 20.8. The number of rotatable bonds is 8. The molecule has 0 saturated heterocycles. The summed E-state index contributed by atoms with van der Waals surface area (Å²) in [5, 5.41) is 11.4. The third-order valence-electron chi connectivity index (χ3n) is 4.50. The summed E-state index contributed by atoms with van der Waals surface area (Å²) in [5.74, 6) is 0.949. The second-order valence-corrected chi connectivity index (χ2v) is 8.12. The van der Waals surface area contributed by atoms with Crippen molar-refractivity contribution < 1.29 is 14.4 Å². The van der Waals surface area contributed by atoms with Crippen LogP contribution in [-0.2, 0) is 6.61 Å². The van der Waals surface area contributed by atoms with Crippen molar-refractivity contribution >= 4 is 31.9 Å². The number of nitro groups is 1. The first-order chi connectivity index (χ1) is 14.0. The fourth-order valence-electron chi connectivity index (χ4n) is 3.07. The number of ether oxygens (including phenoxy) is 2. The van der Waals surface area contributed by atoms with E-state index in [-0.39, 0.29) is 11.5 Å². The Morgan fingerprint density at radius 3 is 2.14 bits per heavy atom. The molecule has 0 spiro atoms. The normalized spacial score (nSPS) is 11.7. The molecule has 0 amide bonds. The maximum absolute atomic E-state index is 11.4. The van der Waals surface area contributed by atoms with Gasteiger partial charge in [-0.1, -0.05) is 74.3 Å². The van der Waals surface area contributed by atoms with Gasteiger partial charge in [-0.15, -0.1) is 0 Å². The SMILES string of the molecule is COc1ccc(C(C[N+](=O)[O-])c2c(Br)cc(OCc3ccccc3)cc2Br)cc1. The molecule has 0 aliphatic heterocycles. The molecular formula is C22H19Br2NO4. The van der Waals surface area contributed by atoms with Crippen LogP contribution >= 0.6 is 31.9 Å². The molecule has 1 atom stereocenters. The Bertz CT molecular complexity index is 955. The fourth-order valence-corrected chi connectivity index (χ4v) is 4.76. The van der Waals surface area contributed by atoms with E-state index in [1.165, 1.54) is 0 Å². The van der Waals surface area contributed by atoms with Crippen molar-refractivity contribution in [2.75, 3.05) is 13.7 Å². The van der Waals surface area contributed by atoms with Gasteiger partial charge in [-0.05, 0) is 41.0 Å². The van der Waals surface area contributed by atoms with Gasteiger partial charge in [-0.2, -0.15) is 0 Å². The summed E-state index contributed by atoms with van der Waals surface area (Å²) in [4.78, 5) is 11.1. The van der Waals surface area contributed by atoms with Crippen molar-refractivity contribution in [2.45, 2.75) is 12.5 Å². The lowest BCUT2D eigenvalue weighted by atomic mass is 9.91. The van der Waals surface area contributed by atoms with Gasteiger partial charge in [0.25, 0.3) is 0 Å². The van der Waals surface area contributed by atoms with Crippen LogP contribution in [0.4, 0.5) is 0 Å². The Hall–Kier alpha value is -2.38. The summed E-state index contributed by atoms with van der Waals surface area (Å²) >= 11 is 7.17. The first-order valence-corrected chi connectivity index (χ1v) is 10.5. The number of benzene rings is 3. The van der Waals surface area contributed by atoms with E-state index in [4.69, 9.17) is 9.47 Å². The van der Waals surface area contributed by atoms with Crippen molar-refractivity contribution in [3.8, 4) is 11.5 Å². The van der Waals surface area contributed by atoms with Crippen LogP contribution < -0.4 is 9.47 Å². The molecule has 3 aromatic rings. The van der Waals surface area contributed by atoms with Gasteiger partial charge < -0.3 is 9.47 Å². The zero-order valence-electron chi connectivity index (χ0n) is 15.7. The number of nitrogens with zero attached hydrogens (tertiary/aromatic N) is 1. The fraction of sp³-hybridized carbons (Fsp3) is 0.182. The van der Waals surface area contributed by atoms with E-state index < -0.39 is 5.92 Å². The molecule has 0 heterocycles. The molecular weight excluding hydrogens is 502 g/mol. The minimum absolute atomic E-state index is 0.228. The van der Waals surface area contributed by atoms with Gasteiger partial charge in [0.05, 0.1) is 13.0 Å². The molecule has 7 heteroatoms. The van der Waals surface area contributed by atoms with Crippen LogP contribution in [0.2, 0.25) is 0 Å². The molecule has 0 aliphatic rings. The van der Waals surface area contributed by atoms with Gasteiger partial charge in [-0.25, -0.2) is 0 Å². The first-order valence-electron chi connectivity index (χ1n) is 8.89. The molecule has 0 radical (unpaired) electrons. The number of hydrogen-bond acceptors (Lipinski definition) is 4. The molecule has 0 fully saturated rings. The van der Waals surface area contributed by atoms with Gasteiger partial charge in [0, 0.05) is 13.9 Å². The number of hydrogen-bond donors (Lipinski definition) is 0. The van der Waals surface area contributed by atoms with Gasteiger partial charge in [0.15, 0.2) is 0 Å². The van der Waals surface area contributed by atoms with E-state index in [2.05, 4.69) is 31.9 Å². The summed E-state index contributed by atoms with van der Waals surface area (Å²) in [5.41, 5.74) is 2.70. The molecule has 3 rings (SSSR count). The number of methoxy groups -OCH3 is 1. The monoisotopic (exact) mass is 519 g/mol. The summed E-state index contributed by atoms with van der Waals surface area (Å²) < 4.78 is 12.6. The third kappa shape index (κ3) is 5.58. The largest absolute Gasteiger partial charge is 0.497 e. The van der Waals surface area contributed by atoms with Crippen LogP contribution in [0.25, 0.3) is 0 Å². The Morgan fingerprint density at radius 2 is 1.59 bits per heavy atom. The van der Waals surface area contributed by atoms with Crippen molar-refractivity contribution in [3.05, 3.63) is 102 Å². The minimum atomic E-state index is -0.428. The topological polar surface area (TPSA) is 61.6 Å². The van der Waals surface area contributed by atoms with Crippen molar-refractivity contribution in [1.82, 2.24) is 0 Å². The van der Waals surface area contributed by atoms with E-state index >= 15 is 0 Å². The van der Waals surface area contributed by atoms with Crippen LogP contribution in [0.1, 0.15) is 22.6 Å². The van der Waals surface area contributed by atoms with Gasteiger partial charge in [0.2, 0.25) is 6.54 Å². The van der Waals surface area contributed by atoms with E-state index in [1.54, 1.807) is 19.2 Å². The lowest BCUT2D eigenvalue weighted by molar-refractivity contribution is -0.481. The summed E-state index contributed by atoms with van der Waals surface area (Å²) in [6.07, 6.45) is 0. The summed E-state index contributed by atoms with van der Waals surface area (Å²) in [6.45, 7) is 0.212. The molecule has 0 aromatic heterocycles. The average Bonchev–Trinajstić information content (AvgIpc) is 2.71. The van der Waals surface area contributed by atoms with Crippen LogP contribution in [0.3, 0.4) is 0 Å². The van der Waals surface area contributed by atoms with E-state index in [0.29, 0.717) is 18.1 Å². The van der Waals surface area contributed by atoms with Gasteiger partial charge in [0.1, 0.15) is 18.1 Å². The molecule has 29 heavy (non-hydrogen) atoms. The van der Waals surface area contributed by atoms with Gasteiger partial charge in [-0.3, -0.25) is 10.1 Å². The molecule has 3 aromatic carbocycles. The molecule has 0 saturated carbocycles. The highest BCUT2D eigenvalue weighted by atomic mass is 79.9. The Balaban J connectivity index is 1.90. The molecule has 0 bridgehead atoms. The molecule has 0 N–H and O–H groups in total. The molecule has 150 valence electrons. The zero-order valence-corrected chi connectivity index (χ0v) is 18.9. The molecule has 5 nitrogen and oxygen atoms in total. The van der Waals surface area contributed by atoms with Crippen LogP contribution in [0, 0.1) is 10.1 Å². The highest BCUT2D eigenvalue weighted by Gasteiger charge is 2.25. The van der Waals surface area contributed by atoms with Crippen LogP contribution in [0.15, 0.2) is 75.7 Å². The number of halogens is 2. The Labute approximate surface area is 186 Å². The molecule has 1 unspecified atom stereocenters. The summed E-state index contributed by atoms with van der Waals surface area (Å²) in [7, 11) is 1.59. The van der Waals surface area contributed by atoms with Crippen molar-refractivity contribution in [3.63, 3.8) is 0 Å². The first kappa shape index (κ1) is 21.3. The van der Waals surface area contributed by atoms with E-state index in [9.17, 15) is 10.1 Å². The molecule has 0 aliphatic carbocycles. The second kappa shape index (κ2) is 9.89. The van der Waals surface area contributed by atoms with Gasteiger partial charge >= 0.3 is 0 Å². The standard InChI is InChI=1S/C22H19Br2NO4/c1-28-17-9-7-16(8-10-17)19(13-25(26)27)22-20(23)11-18(12-21(22)24)29-14-15-5-3-2-4-6-15/h2-12,19H,13-14H2,1H3. The predicted molar refractivity (Wildman–Crippen MR) is 119 cm³/mol. The average molecular weight is 521 g/mol. The quantitative estimate of drug-likeness (QED) is 0.262. The van der Waals surface area contributed by atoms with E-state index in [1.807, 2.05) is 54.6 Å². The van der Waals surface area contributed by atoms with Crippen molar-refractivity contribution in [2.24, 2.45) is 0 Å². The predicted octanol–water partition coefficient (Wildman–Crippen LogP) is 6.21. The Kier molecular flexibility index (Phi) is 7.28. The Morgan fingerprint density at radius 1 is 0.966 bits per heavy atom. The van der Waals surface area contributed by atoms with Crippen LogP contribution in [-0.4, -0.2) is 18.6 Å². The van der Waals surface area contributed by atoms with E-state index in [0.717, 1.165) is 25.6 Å². The minimum Gasteiger partial charge on any atom is -0.497 e. The second-order valence-electron chi connectivity index (χ2n) is 6.42. The lowest BCUT2D eigenvalue weighted by Gasteiger charge is -2.19. The summed E-state index contributed by atoms with van der Waals surface area (Å²) in [6, 6.07) is 20.9. The highest BCUT2D eigenvalue weighted by molar-refractivity contribution is 9.11.